The number of aliphatic hydroxyl groups excluding tert-OH is 2. The van der Waals surface area contributed by atoms with E-state index in [1.807, 2.05) is 0 Å². The van der Waals surface area contributed by atoms with Crippen molar-refractivity contribution >= 4 is 49.8 Å². The molecule has 1 amide bonds. The van der Waals surface area contributed by atoms with Gasteiger partial charge in [0.25, 0.3) is 5.56 Å². The van der Waals surface area contributed by atoms with Crippen LogP contribution in [0.2, 0.25) is 0 Å². The third-order valence-corrected chi connectivity index (χ3v) is 10.3. The van der Waals surface area contributed by atoms with Gasteiger partial charge in [-0.15, -0.1) is 11.6 Å². The number of hydrogen-bond donors (Lipinski definition) is 6. The number of alkyl halides is 1. The Balaban J connectivity index is 1.37. The van der Waals surface area contributed by atoms with Crippen LogP contribution in [-0.4, -0.2) is 106 Å². The van der Waals surface area contributed by atoms with E-state index in [0.717, 1.165) is 10.9 Å². The molecule has 2 aliphatic heterocycles. The van der Waals surface area contributed by atoms with Crippen molar-refractivity contribution < 1.29 is 47.7 Å². The molecule has 2 saturated heterocycles. The van der Waals surface area contributed by atoms with E-state index >= 15 is 0 Å². The van der Waals surface area contributed by atoms with Crippen LogP contribution in [0.15, 0.2) is 11.1 Å². The normalized spacial score (nSPS) is 29.3. The van der Waals surface area contributed by atoms with Gasteiger partial charge >= 0.3 is 15.2 Å². The fourth-order valence-electron chi connectivity index (χ4n) is 4.28. The first-order chi connectivity index (χ1) is 17.8. The van der Waals surface area contributed by atoms with Gasteiger partial charge in [-0.3, -0.25) is 28.3 Å². The van der Waals surface area contributed by atoms with Gasteiger partial charge in [-0.05, 0) is 12.8 Å². The van der Waals surface area contributed by atoms with E-state index in [2.05, 4.69) is 15.0 Å². The number of nitrogen functional groups attached to an aromatic ring is 1. The Hall–Kier alpha value is -1.91. The number of anilines is 1. The van der Waals surface area contributed by atoms with Crippen molar-refractivity contribution in [1.29, 1.82) is 0 Å². The van der Waals surface area contributed by atoms with Crippen molar-refractivity contribution in [3.63, 3.8) is 0 Å². The van der Waals surface area contributed by atoms with Gasteiger partial charge in [-0.2, -0.15) is 4.98 Å². The zero-order valence-electron chi connectivity index (χ0n) is 19.7. The Kier molecular flexibility index (Phi) is 8.64. The molecule has 3 unspecified atom stereocenters. The van der Waals surface area contributed by atoms with Gasteiger partial charge in [0.1, 0.15) is 24.2 Å². The van der Waals surface area contributed by atoms with Crippen molar-refractivity contribution in [2.75, 3.05) is 37.2 Å². The highest BCUT2D eigenvalue weighted by Gasteiger charge is 2.46. The van der Waals surface area contributed by atoms with Crippen molar-refractivity contribution in [3.05, 3.63) is 16.7 Å². The molecule has 4 rings (SSSR count). The molecule has 17 nitrogen and oxygen atoms in total. The number of ether oxygens (including phenoxy) is 1. The van der Waals surface area contributed by atoms with Crippen LogP contribution < -0.4 is 11.3 Å². The van der Waals surface area contributed by atoms with Gasteiger partial charge < -0.3 is 44.4 Å². The fourth-order valence-corrected chi connectivity index (χ4v) is 7.87. The fraction of sp³-hybridized carbons (Fsp3) is 0.667. The number of H-pyrrole nitrogens is 1. The molecule has 2 fully saturated rings. The van der Waals surface area contributed by atoms with Gasteiger partial charge in [0.2, 0.25) is 11.9 Å². The van der Waals surface area contributed by atoms with Crippen LogP contribution in [0.4, 0.5) is 5.95 Å². The van der Waals surface area contributed by atoms with Crippen molar-refractivity contribution in [1.82, 2.24) is 24.4 Å². The molecule has 2 aliphatic rings. The number of nitrogens with zero attached hydrogens (tertiary/aromatic N) is 4. The van der Waals surface area contributed by atoms with Crippen LogP contribution in [0.25, 0.3) is 11.2 Å². The molecule has 4 heterocycles. The molecule has 20 heteroatoms. The molecule has 7 atom stereocenters. The smallest absolute Gasteiger partial charge is 0.340 e. The molecule has 0 spiro atoms. The van der Waals surface area contributed by atoms with E-state index in [1.54, 1.807) is 0 Å². The molecule has 2 aromatic heterocycles. The summed E-state index contributed by atoms with van der Waals surface area (Å²) in [6.45, 7) is -0.329. The lowest BCUT2D eigenvalue weighted by molar-refractivity contribution is -0.131. The Labute approximate surface area is 219 Å². The zero-order chi connectivity index (χ0) is 27.8. The summed E-state index contributed by atoms with van der Waals surface area (Å²) in [4.78, 5) is 55.6. The predicted octanol–water partition coefficient (Wildman–Crippen LogP) is -1.09. The number of carbonyl (C=O) groups is 1. The highest BCUT2D eigenvalue weighted by Crippen LogP contribution is 2.59. The summed E-state index contributed by atoms with van der Waals surface area (Å²) >= 11 is 5.54. The summed E-state index contributed by atoms with van der Waals surface area (Å²) in [6, 6.07) is 0. The minimum absolute atomic E-state index is 0.00335. The highest BCUT2D eigenvalue weighted by molar-refractivity contribution is 7.70. The standard InChI is InChI=1S/C18H27ClN6O11P2/c19-4-11(26)24-3-1-2-9(5-24)36-38(32,33)8-37(30,31)34-6-10-13(27)14(28)17(35-10)25-7-21-12-15(25)22-18(20)23-16(12)29/h7,9-10,13-14,17,27-28H,1-6,8H2,(H,30,31)(H,32,33)(H3,20,22,23,29)/t9?,10-,13-,14-,17-/m1/s1. The number of likely N-dealkylation sites (tertiary alicyclic amines) is 1. The maximum Gasteiger partial charge on any atom is 0.340 e. The van der Waals surface area contributed by atoms with Crippen LogP contribution >= 0.6 is 26.8 Å². The minimum Gasteiger partial charge on any atom is -0.387 e. The number of piperidine rings is 1. The van der Waals surface area contributed by atoms with Crippen LogP contribution in [0.3, 0.4) is 0 Å². The second-order valence-electron chi connectivity index (χ2n) is 8.88. The number of nitrogens with one attached hydrogen (secondary N) is 1. The molecule has 2 aromatic rings. The first-order valence-electron chi connectivity index (χ1n) is 11.3. The number of aromatic nitrogens is 4. The number of rotatable bonds is 9. The molecular formula is C18H27ClN6O11P2. The molecule has 7 N–H and O–H groups in total. The molecule has 0 bridgehead atoms. The summed E-state index contributed by atoms with van der Waals surface area (Å²) in [6.07, 6.45) is -4.72. The number of aromatic amines is 1. The third-order valence-electron chi connectivity index (χ3n) is 6.02. The number of carbonyl (C=O) groups excluding carboxylic acids is 1. The van der Waals surface area contributed by atoms with E-state index < -0.39 is 63.9 Å². The largest absolute Gasteiger partial charge is 0.387 e. The summed E-state index contributed by atoms with van der Waals surface area (Å²) < 4.78 is 41.9. The monoisotopic (exact) mass is 600 g/mol. The van der Waals surface area contributed by atoms with Crippen molar-refractivity contribution in [3.8, 4) is 0 Å². The van der Waals surface area contributed by atoms with E-state index in [9.17, 15) is 38.7 Å². The maximum atomic E-state index is 12.6. The molecule has 212 valence electrons. The van der Waals surface area contributed by atoms with E-state index in [1.165, 1.54) is 4.90 Å². The summed E-state index contributed by atoms with van der Waals surface area (Å²) in [5, 5.41) is 20.9. The number of hydrogen-bond acceptors (Lipinski definition) is 12. The third kappa shape index (κ3) is 6.45. The quantitative estimate of drug-likeness (QED) is 0.148. The van der Waals surface area contributed by atoms with E-state index in [-0.39, 0.29) is 35.4 Å². The maximum absolute atomic E-state index is 12.6. The Morgan fingerprint density at radius 1 is 1.29 bits per heavy atom. The minimum atomic E-state index is -4.76. The topological polar surface area (TPSA) is 253 Å². The predicted molar refractivity (Wildman–Crippen MR) is 130 cm³/mol. The Morgan fingerprint density at radius 2 is 2.03 bits per heavy atom. The average molecular weight is 601 g/mol. The van der Waals surface area contributed by atoms with Crippen LogP contribution in [0, 0.1) is 0 Å². The Morgan fingerprint density at radius 3 is 2.74 bits per heavy atom. The highest BCUT2D eigenvalue weighted by atomic mass is 35.5. The first kappa shape index (κ1) is 29.1. The lowest BCUT2D eigenvalue weighted by atomic mass is 10.1. The van der Waals surface area contributed by atoms with Gasteiger partial charge in [0.15, 0.2) is 23.3 Å². The van der Waals surface area contributed by atoms with Gasteiger partial charge in [-0.1, -0.05) is 0 Å². The molecule has 0 saturated carbocycles. The van der Waals surface area contributed by atoms with Crippen molar-refractivity contribution in [2.45, 2.75) is 43.5 Å². The summed E-state index contributed by atoms with van der Waals surface area (Å²) in [5.41, 5.74) is 4.78. The van der Waals surface area contributed by atoms with Gasteiger partial charge in [0.05, 0.1) is 19.0 Å². The molecule has 0 aromatic carbocycles. The van der Waals surface area contributed by atoms with Crippen LogP contribution in [0.1, 0.15) is 19.1 Å². The summed E-state index contributed by atoms with van der Waals surface area (Å²) in [5.74, 6) is -2.10. The molecule has 38 heavy (non-hydrogen) atoms. The van der Waals surface area contributed by atoms with Crippen LogP contribution in [-0.2, 0) is 27.7 Å². The second kappa shape index (κ2) is 11.3. The number of amides is 1. The van der Waals surface area contributed by atoms with E-state index in [4.69, 9.17) is 31.1 Å². The number of fused-ring (bicyclic) bond motifs is 1. The van der Waals surface area contributed by atoms with Gasteiger partial charge in [-0.25, -0.2) is 4.98 Å². The van der Waals surface area contributed by atoms with Crippen LogP contribution in [0.5, 0.6) is 0 Å². The molecular weight excluding hydrogens is 574 g/mol. The Bertz CT molecular complexity index is 1340. The number of aliphatic hydroxyl groups is 2. The van der Waals surface area contributed by atoms with Crippen molar-refractivity contribution in [2.24, 2.45) is 0 Å². The number of halogens is 1. The lowest BCUT2D eigenvalue weighted by Gasteiger charge is -2.33. The lowest BCUT2D eigenvalue weighted by Crippen LogP contribution is -2.43. The average Bonchev–Trinajstić information content (AvgIpc) is 3.37. The molecule has 0 radical (unpaired) electrons. The second-order valence-corrected chi connectivity index (χ2v) is 13.3. The zero-order valence-corrected chi connectivity index (χ0v) is 22.2. The van der Waals surface area contributed by atoms with Gasteiger partial charge in [0, 0.05) is 13.1 Å². The number of nitrogens with two attached hydrogens (primary N) is 1. The molecule has 0 aliphatic carbocycles. The summed E-state index contributed by atoms with van der Waals surface area (Å²) in [7, 11) is -9.41. The first-order valence-corrected chi connectivity index (χ1v) is 15.4. The number of imidazole rings is 1. The SMILES string of the molecule is Nc1nc2c(ncn2[C@@H]2O[C@H](COP(=O)(O)CP(=O)(O)OC3CCCN(C(=O)CCl)C3)[C@@H](O)[C@H]2O)c(=O)[nH]1. The van der Waals surface area contributed by atoms with E-state index in [0.29, 0.717) is 19.4 Å².